The van der Waals surface area contributed by atoms with E-state index in [0.29, 0.717) is 56.3 Å². The van der Waals surface area contributed by atoms with Crippen molar-refractivity contribution in [1.82, 2.24) is 9.88 Å². The maximum absolute atomic E-state index is 15.1. The van der Waals surface area contributed by atoms with E-state index < -0.39 is 24.2 Å². The number of aliphatic carboxylic acids is 1. The van der Waals surface area contributed by atoms with Crippen LogP contribution < -0.4 is 9.64 Å². The quantitative estimate of drug-likeness (QED) is 0.391. The van der Waals surface area contributed by atoms with Gasteiger partial charge in [-0.15, -0.1) is 0 Å². The molecule has 8 nitrogen and oxygen atoms in total. The normalized spacial score (nSPS) is 16.5. The van der Waals surface area contributed by atoms with Crippen LogP contribution in [0.1, 0.15) is 48.3 Å². The smallest absolute Gasteiger partial charge is 0.306 e. The number of anilines is 1. The van der Waals surface area contributed by atoms with E-state index in [1.54, 1.807) is 23.2 Å². The van der Waals surface area contributed by atoms with Crippen molar-refractivity contribution in [3.63, 3.8) is 0 Å². The number of amides is 1. The number of aliphatic hydroxyl groups excluding tert-OH is 1. The number of ether oxygens (including phenoxy) is 1. The molecule has 222 valence electrons. The molecule has 3 heterocycles. The van der Waals surface area contributed by atoms with Crippen molar-refractivity contribution >= 4 is 17.7 Å². The molecule has 42 heavy (non-hydrogen) atoms. The molecule has 2 aromatic carbocycles. The Balaban J connectivity index is 1.30. The summed E-state index contributed by atoms with van der Waals surface area (Å²) < 4.78 is 35.5. The highest BCUT2D eigenvalue weighted by molar-refractivity contribution is 5.77. The number of hydrogen-bond donors (Lipinski definition) is 2. The zero-order valence-corrected chi connectivity index (χ0v) is 23.6. The van der Waals surface area contributed by atoms with E-state index in [4.69, 9.17) is 9.84 Å². The molecule has 2 aliphatic rings. The minimum absolute atomic E-state index is 0.0532. The molecular formula is C32H35F2N3O5. The van der Waals surface area contributed by atoms with Gasteiger partial charge in [0.25, 0.3) is 0 Å². The molecule has 0 saturated carbocycles. The van der Waals surface area contributed by atoms with Crippen LogP contribution in [-0.2, 0) is 16.2 Å². The lowest BCUT2D eigenvalue weighted by molar-refractivity contribution is -0.142. The van der Waals surface area contributed by atoms with Crippen LogP contribution in [0.4, 0.5) is 14.6 Å². The number of pyridine rings is 1. The summed E-state index contributed by atoms with van der Waals surface area (Å²) in [4.78, 5) is 31.2. The summed E-state index contributed by atoms with van der Waals surface area (Å²) in [6.07, 6.45) is 4.22. The van der Waals surface area contributed by atoms with Gasteiger partial charge in [0.2, 0.25) is 5.91 Å². The van der Waals surface area contributed by atoms with E-state index in [1.165, 1.54) is 6.07 Å². The minimum Gasteiger partial charge on any atom is -0.485 e. The Morgan fingerprint density at radius 3 is 2.40 bits per heavy atom. The van der Waals surface area contributed by atoms with E-state index >= 15 is 4.39 Å². The molecule has 0 unspecified atom stereocenters. The van der Waals surface area contributed by atoms with Crippen molar-refractivity contribution in [2.45, 2.75) is 45.1 Å². The van der Waals surface area contributed by atoms with Crippen molar-refractivity contribution in [2.24, 2.45) is 5.92 Å². The van der Waals surface area contributed by atoms with Crippen molar-refractivity contribution in [2.75, 3.05) is 37.7 Å². The molecule has 3 aromatic rings. The SMILES string of the molecule is Cc1cc(C2CCN(C(=O)CO)CC2)ccc1COc1c(F)cc(F)cc1-c1ccnc(N2CCC(C(=O)O)CC2)c1. The van der Waals surface area contributed by atoms with Gasteiger partial charge in [-0.1, -0.05) is 18.2 Å². The van der Waals surface area contributed by atoms with Gasteiger partial charge >= 0.3 is 5.97 Å². The average molecular weight is 580 g/mol. The first-order valence-corrected chi connectivity index (χ1v) is 14.3. The second-order valence-electron chi connectivity index (χ2n) is 11.1. The van der Waals surface area contributed by atoms with Crippen LogP contribution in [-0.4, -0.2) is 64.8 Å². The van der Waals surface area contributed by atoms with Crippen LogP contribution in [0.2, 0.25) is 0 Å². The van der Waals surface area contributed by atoms with Crippen LogP contribution in [0.5, 0.6) is 5.75 Å². The number of aryl methyl sites for hydroxylation is 1. The fourth-order valence-electron chi connectivity index (χ4n) is 5.88. The van der Waals surface area contributed by atoms with Crippen LogP contribution in [0.15, 0.2) is 48.7 Å². The number of carbonyl (C=O) groups is 2. The molecule has 1 amide bonds. The highest BCUT2D eigenvalue weighted by atomic mass is 19.1. The largest absolute Gasteiger partial charge is 0.485 e. The van der Waals surface area contributed by atoms with E-state index in [2.05, 4.69) is 11.1 Å². The number of aliphatic hydroxyl groups is 1. The second-order valence-corrected chi connectivity index (χ2v) is 11.1. The van der Waals surface area contributed by atoms with Crippen LogP contribution >= 0.6 is 0 Å². The molecule has 10 heteroatoms. The maximum atomic E-state index is 15.1. The Labute approximate surface area is 243 Å². The van der Waals surface area contributed by atoms with Gasteiger partial charge in [0.15, 0.2) is 11.6 Å². The summed E-state index contributed by atoms with van der Waals surface area (Å²) in [6.45, 7) is 3.87. The van der Waals surface area contributed by atoms with Gasteiger partial charge in [0.1, 0.15) is 24.8 Å². The number of carboxylic acid groups (broad SMARTS) is 1. The van der Waals surface area contributed by atoms with Gasteiger partial charge in [-0.05, 0) is 79.0 Å². The van der Waals surface area contributed by atoms with Gasteiger partial charge < -0.3 is 24.7 Å². The number of hydrogen-bond acceptors (Lipinski definition) is 6. The standard InChI is InChI=1S/C32H35F2N3O5/c1-20-14-23(21-5-12-37(13-6-21)30(39)18-38)2-3-25(20)19-42-31-27(16-26(33)17-28(31)34)24-4-9-35-29(15-24)36-10-7-22(8-11-36)32(40)41/h2-4,9,14-17,21-22,38H,5-8,10-13,18-19H2,1H3,(H,40,41). The molecule has 0 radical (unpaired) electrons. The van der Waals surface area contributed by atoms with Crippen molar-refractivity contribution in [1.29, 1.82) is 0 Å². The summed E-state index contributed by atoms with van der Waals surface area (Å²) in [5.41, 5.74) is 3.85. The lowest BCUT2D eigenvalue weighted by Crippen LogP contribution is -2.39. The summed E-state index contributed by atoms with van der Waals surface area (Å²) in [6, 6.07) is 11.6. The first-order valence-electron chi connectivity index (χ1n) is 14.3. The van der Waals surface area contributed by atoms with Crippen molar-refractivity contribution in [3.05, 3.63) is 77.0 Å². The lowest BCUT2D eigenvalue weighted by atomic mass is 9.88. The monoisotopic (exact) mass is 579 g/mol. The van der Waals surface area contributed by atoms with Crippen LogP contribution in [0.25, 0.3) is 11.1 Å². The Kier molecular flexibility index (Phi) is 9.01. The second kappa shape index (κ2) is 12.9. The number of aromatic nitrogens is 1. The number of nitrogens with zero attached hydrogens (tertiary/aromatic N) is 3. The third-order valence-electron chi connectivity index (χ3n) is 8.43. The first-order chi connectivity index (χ1) is 20.2. The molecule has 2 fully saturated rings. The van der Waals surface area contributed by atoms with E-state index in [9.17, 15) is 19.1 Å². The van der Waals surface area contributed by atoms with E-state index in [1.807, 2.05) is 24.0 Å². The van der Waals surface area contributed by atoms with Crippen molar-refractivity contribution < 1.29 is 33.3 Å². The summed E-state index contributed by atoms with van der Waals surface area (Å²) >= 11 is 0. The maximum Gasteiger partial charge on any atom is 0.306 e. The third-order valence-corrected chi connectivity index (χ3v) is 8.43. The van der Waals surface area contributed by atoms with E-state index in [0.717, 1.165) is 35.6 Å². The molecule has 0 atom stereocenters. The molecule has 5 rings (SSSR count). The van der Waals surface area contributed by atoms with Gasteiger partial charge in [-0.3, -0.25) is 9.59 Å². The van der Waals surface area contributed by atoms with Crippen LogP contribution in [0.3, 0.4) is 0 Å². The third kappa shape index (κ3) is 6.54. The van der Waals surface area contributed by atoms with E-state index in [-0.39, 0.29) is 29.7 Å². The average Bonchev–Trinajstić information content (AvgIpc) is 3.00. The highest BCUT2D eigenvalue weighted by Gasteiger charge is 2.26. The minimum atomic E-state index is -0.802. The molecule has 2 aliphatic heterocycles. The highest BCUT2D eigenvalue weighted by Crippen LogP contribution is 2.36. The zero-order chi connectivity index (χ0) is 29.8. The fourth-order valence-corrected chi connectivity index (χ4v) is 5.88. The zero-order valence-electron chi connectivity index (χ0n) is 23.6. The number of carbonyl (C=O) groups excluding carboxylic acids is 1. The predicted octanol–water partition coefficient (Wildman–Crippen LogP) is 4.91. The fraction of sp³-hybridized carbons (Fsp3) is 0.406. The molecule has 1 aromatic heterocycles. The molecular weight excluding hydrogens is 544 g/mol. The molecule has 0 bridgehead atoms. The summed E-state index contributed by atoms with van der Waals surface area (Å²) in [5.74, 6) is -2.07. The molecule has 2 N–H and O–H groups in total. The molecule has 2 saturated heterocycles. The Morgan fingerprint density at radius 1 is 1.00 bits per heavy atom. The number of carboxylic acids is 1. The Hall–Kier alpha value is -4.05. The molecule has 0 spiro atoms. The lowest BCUT2D eigenvalue weighted by Gasteiger charge is -2.32. The van der Waals surface area contributed by atoms with Crippen molar-refractivity contribution in [3.8, 4) is 16.9 Å². The van der Waals surface area contributed by atoms with Gasteiger partial charge in [-0.25, -0.2) is 13.8 Å². The number of benzene rings is 2. The number of halogens is 2. The number of likely N-dealkylation sites (tertiary alicyclic amines) is 1. The number of rotatable bonds is 8. The summed E-state index contributed by atoms with van der Waals surface area (Å²) in [5, 5.41) is 18.4. The topological polar surface area (TPSA) is 103 Å². The first kappa shape index (κ1) is 29.4. The van der Waals surface area contributed by atoms with Gasteiger partial charge in [0, 0.05) is 44.0 Å². The molecule has 0 aliphatic carbocycles. The van der Waals surface area contributed by atoms with Gasteiger partial charge in [-0.2, -0.15) is 0 Å². The Bertz CT molecular complexity index is 1450. The Morgan fingerprint density at radius 2 is 1.74 bits per heavy atom. The summed E-state index contributed by atoms with van der Waals surface area (Å²) in [7, 11) is 0. The predicted molar refractivity (Wildman–Crippen MR) is 153 cm³/mol. The van der Waals surface area contributed by atoms with Crippen LogP contribution in [0, 0.1) is 24.5 Å². The number of piperidine rings is 2. The van der Waals surface area contributed by atoms with Gasteiger partial charge in [0.05, 0.1) is 5.92 Å².